The molecule has 0 aliphatic heterocycles. The van der Waals surface area contributed by atoms with Crippen molar-refractivity contribution in [3.8, 4) is 5.75 Å². The molecule has 2 aromatic heterocycles. The number of fused-ring (bicyclic) bond motifs is 1. The van der Waals surface area contributed by atoms with Crippen molar-refractivity contribution in [3.05, 3.63) is 51.7 Å². The number of nitrogens with zero attached hydrogens (tertiary/aromatic N) is 3. The highest BCUT2D eigenvalue weighted by Gasteiger charge is 2.28. The van der Waals surface area contributed by atoms with Gasteiger partial charge in [-0.1, -0.05) is 29.5 Å². The molecule has 2 heterocycles. The second-order valence-electron chi connectivity index (χ2n) is 8.09. The number of aromatic nitrogens is 3. The quantitative estimate of drug-likeness (QED) is 0.335. The van der Waals surface area contributed by atoms with E-state index >= 15 is 0 Å². The van der Waals surface area contributed by atoms with Crippen LogP contribution in [0.15, 0.2) is 29.4 Å². The van der Waals surface area contributed by atoms with E-state index in [0.717, 1.165) is 41.0 Å². The molecular weight excluding hydrogens is 472 g/mol. The van der Waals surface area contributed by atoms with Crippen LogP contribution in [0.3, 0.4) is 0 Å². The van der Waals surface area contributed by atoms with Crippen molar-refractivity contribution in [1.29, 1.82) is 0 Å². The molecular formula is C24H28N4O4S2. The average molecular weight is 501 g/mol. The molecule has 1 amide bonds. The number of thiophene rings is 1. The first-order valence-corrected chi connectivity index (χ1v) is 13.0. The van der Waals surface area contributed by atoms with E-state index in [1.165, 1.54) is 23.1 Å². The lowest BCUT2D eigenvalue weighted by atomic mass is 10.1. The van der Waals surface area contributed by atoms with Gasteiger partial charge in [-0.2, -0.15) is 0 Å². The lowest BCUT2D eigenvalue weighted by Crippen LogP contribution is -2.17. The number of rotatable bonds is 9. The molecule has 1 aliphatic rings. The standard InChI is InChI=1S/C24H28N4O4S2/c1-5-31-23(30)20-17-7-6-8-18(17)34-22(20)25-19(29)13-33-24-27-26-21(28(24)4)15(3)32-16-11-9-14(2)10-12-16/h9-12,15H,5-8,13H2,1-4H3,(H,25,29). The fraction of sp³-hybridized carbons (Fsp3) is 0.417. The molecule has 0 radical (unpaired) electrons. The molecule has 1 aliphatic carbocycles. The molecule has 0 bridgehead atoms. The summed E-state index contributed by atoms with van der Waals surface area (Å²) in [5.74, 6) is 0.997. The van der Waals surface area contributed by atoms with Gasteiger partial charge in [-0.25, -0.2) is 4.79 Å². The number of benzene rings is 1. The van der Waals surface area contributed by atoms with Gasteiger partial charge >= 0.3 is 5.97 Å². The predicted octanol–water partition coefficient (Wildman–Crippen LogP) is 4.72. The van der Waals surface area contributed by atoms with Gasteiger partial charge in [0.15, 0.2) is 17.1 Å². The van der Waals surface area contributed by atoms with Crippen LogP contribution in [0.25, 0.3) is 0 Å². The number of carbonyl (C=O) groups is 2. The number of carbonyl (C=O) groups excluding carboxylic acids is 2. The maximum Gasteiger partial charge on any atom is 0.341 e. The Morgan fingerprint density at radius 2 is 2.00 bits per heavy atom. The van der Waals surface area contributed by atoms with Gasteiger partial charge in [-0.3, -0.25) is 4.79 Å². The van der Waals surface area contributed by atoms with Crippen LogP contribution >= 0.6 is 23.1 Å². The number of ether oxygens (including phenoxy) is 2. The largest absolute Gasteiger partial charge is 0.483 e. The first kappa shape index (κ1) is 24.3. The Hall–Kier alpha value is -2.85. The van der Waals surface area contributed by atoms with Crippen LogP contribution in [0.4, 0.5) is 5.00 Å². The van der Waals surface area contributed by atoms with Gasteiger partial charge in [0.25, 0.3) is 0 Å². The zero-order valence-corrected chi connectivity index (χ0v) is 21.3. The molecule has 180 valence electrons. The zero-order valence-electron chi connectivity index (χ0n) is 19.7. The number of esters is 1. The molecule has 0 saturated carbocycles. The normalized spacial score (nSPS) is 13.4. The number of amides is 1. The summed E-state index contributed by atoms with van der Waals surface area (Å²) >= 11 is 2.76. The van der Waals surface area contributed by atoms with Crippen LogP contribution in [0.5, 0.6) is 5.75 Å². The minimum atomic E-state index is -0.370. The van der Waals surface area contributed by atoms with Crippen molar-refractivity contribution in [2.45, 2.75) is 51.3 Å². The molecule has 0 spiro atoms. The van der Waals surface area contributed by atoms with Crippen LogP contribution in [0.1, 0.15) is 58.6 Å². The van der Waals surface area contributed by atoms with E-state index in [0.29, 0.717) is 28.2 Å². The van der Waals surface area contributed by atoms with E-state index in [4.69, 9.17) is 9.47 Å². The van der Waals surface area contributed by atoms with Crippen LogP contribution in [0.2, 0.25) is 0 Å². The molecule has 1 N–H and O–H groups in total. The highest BCUT2D eigenvalue weighted by Crippen LogP contribution is 2.39. The number of nitrogens with one attached hydrogen (secondary N) is 1. The molecule has 0 fully saturated rings. The maximum absolute atomic E-state index is 12.7. The molecule has 34 heavy (non-hydrogen) atoms. The van der Waals surface area contributed by atoms with Crippen LogP contribution in [0, 0.1) is 6.92 Å². The molecule has 1 aromatic carbocycles. The Morgan fingerprint density at radius 3 is 2.74 bits per heavy atom. The minimum Gasteiger partial charge on any atom is -0.483 e. The van der Waals surface area contributed by atoms with Gasteiger partial charge < -0.3 is 19.4 Å². The van der Waals surface area contributed by atoms with E-state index in [1.807, 2.05) is 49.7 Å². The number of hydrogen-bond acceptors (Lipinski definition) is 8. The fourth-order valence-corrected chi connectivity index (χ4v) is 5.90. The van der Waals surface area contributed by atoms with Crippen LogP contribution in [-0.4, -0.2) is 39.0 Å². The Labute approximate surface area is 207 Å². The Balaban J connectivity index is 1.38. The lowest BCUT2D eigenvalue weighted by molar-refractivity contribution is -0.113. The van der Waals surface area contributed by atoms with Gasteiger partial charge in [0, 0.05) is 11.9 Å². The van der Waals surface area contributed by atoms with Crippen molar-refractivity contribution in [2.24, 2.45) is 7.05 Å². The minimum absolute atomic E-state index is 0.143. The topological polar surface area (TPSA) is 95.3 Å². The fourth-order valence-electron chi connectivity index (χ4n) is 3.88. The smallest absolute Gasteiger partial charge is 0.341 e. The van der Waals surface area contributed by atoms with Crippen molar-refractivity contribution >= 4 is 40.0 Å². The van der Waals surface area contributed by atoms with Crippen LogP contribution < -0.4 is 10.1 Å². The van der Waals surface area contributed by atoms with Gasteiger partial charge in [-0.15, -0.1) is 21.5 Å². The molecule has 3 aromatic rings. The molecule has 10 heteroatoms. The Morgan fingerprint density at radius 1 is 1.24 bits per heavy atom. The number of thioether (sulfide) groups is 1. The highest BCUT2D eigenvalue weighted by atomic mass is 32.2. The van der Waals surface area contributed by atoms with Gasteiger partial charge in [-0.05, 0) is 57.7 Å². The first-order valence-electron chi connectivity index (χ1n) is 11.2. The third kappa shape index (κ3) is 5.28. The second-order valence-corrected chi connectivity index (χ2v) is 10.1. The summed E-state index contributed by atoms with van der Waals surface area (Å²) in [5.41, 5.74) is 2.70. The Bertz CT molecular complexity index is 1190. The summed E-state index contributed by atoms with van der Waals surface area (Å²) in [6.45, 7) is 6.02. The van der Waals surface area contributed by atoms with Crippen molar-refractivity contribution < 1.29 is 19.1 Å². The van der Waals surface area contributed by atoms with Crippen LogP contribution in [-0.2, 0) is 29.4 Å². The van der Waals surface area contributed by atoms with Crippen molar-refractivity contribution in [2.75, 3.05) is 17.7 Å². The molecule has 1 atom stereocenters. The van der Waals surface area contributed by atoms with Gasteiger partial charge in [0.05, 0.1) is 17.9 Å². The Kier molecular flexibility index (Phi) is 7.57. The first-order chi connectivity index (χ1) is 16.4. The van der Waals surface area contributed by atoms with E-state index < -0.39 is 0 Å². The van der Waals surface area contributed by atoms with Crippen molar-refractivity contribution in [1.82, 2.24) is 14.8 Å². The summed E-state index contributed by atoms with van der Waals surface area (Å²) in [4.78, 5) is 26.4. The molecule has 4 rings (SSSR count). The van der Waals surface area contributed by atoms with E-state index in [-0.39, 0.29) is 23.7 Å². The number of aryl methyl sites for hydroxylation is 2. The van der Waals surface area contributed by atoms with Crippen molar-refractivity contribution in [3.63, 3.8) is 0 Å². The van der Waals surface area contributed by atoms with E-state index in [1.54, 1.807) is 6.92 Å². The SMILES string of the molecule is CCOC(=O)c1c(NC(=O)CSc2nnc(C(C)Oc3ccc(C)cc3)n2C)sc2c1CCC2. The summed E-state index contributed by atoms with van der Waals surface area (Å²) in [6, 6.07) is 7.84. The lowest BCUT2D eigenvalue weighted by Gasteiger charge is -2.14. The summed E-state index contributed by atoms with van der Waals surface area (Å²) in [6.07, 6.45) is 2.50. The number of hydrogen-bond donors (Lipinski definition) is 1. The zero-order chi connectivity index (χ0) is 24.2. The molecule has 0 saturated heterocycles. The summed E-state index contributed by atoms with van der Waals surface area (Å²) in [7, 11) is 1.85. The van der Waals surface area contributed by atoms with E-state index in [2.05, 4.69) is 15.5 Å². The molecule has 8 nitrogen and oxygen atoms in total. The third-order valence-corrected chi connectivity index (χ3v) is 7.78. The van der Waals surface area contributed by atoms with Gasteiger partial charge in [0.1, 0.15) is 10.8 Å². The third-order valence-electron chi connectivity index (χ3n) is 5.55. The summed E-state index contributed by atoms with van der Waals surface area (Å²) < 4.78 is 13.0. The van der Waals surface area contributed by atoms with Gasteiger partial charge in [0.2, 0.25) is 5.91 Å². The maximum atomic E-state index is 12.7. The monoisotopic (exact) mass is 500 g/mol. The second kappa shape index (κ2) is 10.6. The molecule has 1 unspecified atom stereocenters. The average Bonchev–Trinajstić information content (AvgIpc) is 3.48. The highest BCUT2D eigenvalue weighted by molar-refractivity contribution is 7.99. The summed E-state index contributed by atoms with van der Waals surface area (Å²) in [5, 5.41) is 12.6. The van der Waals surface area contributed by atoms with E-state index in [9.17, 15) is 9.59 Å². The number of anilines is 1. The predicted molar refractivity (Wildman–Crippen MR) is 133 cm³/mol.